The summed E-state index contributed by atoms with van der Waals surface area (Å²) in [5.74, 6) is 0. The smallest absolute Gasteiger partial charge is 0.143 e. The fraction of sp³-hybridized carbons (Fsp3) is 0.250. The van der Waals surface area contributed by atoms with Crippen LogP contribution in [0.15, 0.2) is 144 Å². The molecule has 2 nitrogen and oxygen atoms in total. The molecule has 0 spiro atoms. The third-order valence-corrected chi connectivity index (χ3v) is 13.4. The van der Waals surface area contributed by atoms with Crippen LogP contribution >= 0.6 is 0 Å². The van der Waals surface area contributed by atoms with Gasteiger partial charge in [0.05, 0.1) is 0 Å². The van der Waals surface area contributed by atoms with Crippen molar-refractivity contribution in [3.63, 3.8) is 0 Å². The van der Waals surface area contributed by atoms with Crippen LogP contribution in [0.3, 0.4) is 0 Å². The van der Waals surface area contributed by atoms with Crippen molar-refractivity contribution in [1.29, 1.82) is 0 Å². The zero-order valence-electron chi connectivity index (χ0n) is 35.6. The molecule has 2 aliphatic carbocycles. The minimum absolute atomic E-state index is 0.0412. The van der Waals surface area contributed by atoms with Crippen molar-refractivity contribution in [3.8, 4) is 33.4 Å². The molecule has 2 aliphatic rings. The van der Waals surface area contributed by atoms with Gasteiger partial charge in [-0.2, -0.15) is 0 Å². The van der Waals surface area contributed by atoms with E-state index in [4.69, 9.17) is 4.42 Å². The van der Waals surface area contributed by atoms with Gasteiger partial charge in [-0.15, -0.1) is 0 Å². The molecule has 7 aromatic carbocycles. The number of fused-ring (bicyclic) bond motifs is 9. The van der Waals surface area contributed by atoms with Gasteiger partial charge in [0.1, 0.15) is 11.2 Å². The van der Waals surface area contributed by atoms with Crippen molar-refractivity contribution >= 4 is 39.0 Å². The maximum atomic E-state index is 6.89. The Labute approximate surface area is 344 Å². The highest BCUT2D eigenvalue weighted by Gasteiger charge is 2.38. The summed E-state index contributed by atoms with van der Waals surface area (Å²) in [6, 6.07) is 52.5. The van der Waals surface area contributed by atoms with E-state index in [0.717, 1.165) is 44.7 Å². The Kier molecular flexibility index (Phi) is 7.75. The molecule has 0 saturated heterocycles. The van der Waals surface area contributed by atoms with Crippen LogP contribution in [0.25, 0.3) is 55.3 Å². The molecule has 0 N–H and O–H groups in total. The summed E-state index contributed by atoms with van der Waals surface area (Å²) in [5.41, 5.74) is 20.8. The molecule has 8 aromatic rings. The van der Waals surface area contributed by atoms with Crippen LogP contribution in [0, 0.1) is 0 Å². The zero-order valence-corrected chi connectivity index (χ0v) is 35.6. The number of hydrogen-bond donors (Lipinski definition) is 0. The van der Waals surface area contributed by atoms with Crippen LogP contribution < -0.4 is 4.90 Å². The molecule has 0 fully saturated rings. The van der Waals surface area contributed by atoms with E-state index in [-0.39, 0.29) is 21.7 Å². The Morgan fingerprint density at radius 1 is 0.414 bits per heavy atom. The number of hydrogen-bond acceptors (Lipinski definition) is 2. The van der Waals surface area contributed by atoms with Crippen molar-refractivity contribution in [2.45, 2.75) is 90.9 Å². The quantitative estimate of drug-likeness (QED) is 0.178. The first-order valence-electron chi connectivity index (χ1n) is 20.9. The first-order chi connectivity index (χ1) is 27.5. The Morgan fingerprint density at radius 2 is 0.931 bits per heavy atom. The highest BCUT2D eigenvalue weighted by Crippen LogP contribution is 2.54. The van der Waals surface area contributed by atoms with Crippen LogP contribution in [0.2, 0.25) is 0 Å². The van der Waals surface area contributed by atoms with E-state index < -0.39 is 0 Å². The van der Waals surface area contributed by atoms with Crippen LogP contribution in [0.1, 0.15) is 103 Å². The summed E-state index contributed by atoms with van der Waals surface area (Å²) < 4.78 is 6.89. The van der Waals surface area contributed by atoms with Gasteiger partial charge in [0.15, 0.2) is 0 Å². The summed E-state index contributed by atoms with van der Waals surface area (Å²) in [7, 11) is 0. The molecular weight excluding hydrogens is 703 g/mol. The van der Waals surface area contributed by atoms with Crippen LogP contribution in [-0.4, -0.2) is 0 Å². The molecule has 58 heavy (non-hydrogen) atoms. The third-order valence-electron chi connectivity index (χ3n) is 13.4. The van der Waals surface area contributed by atoms with Crippen LogP contribution in [-0.2, 0) is 21.7 Å². The predicted octanol–water partition coefficient (Wildman–Crippen LogP) is 15.9. The maximum Gasteiger partial charge on any atom is 0.143 e. The van der Waals surface area contributed by atoms with Gasteiger partial charge in [0, 0.05) is 49.8 Å². The van der Waals surface area contributed by atoms with Crippen LogP contribution in [0.4, 0.5) is 17.1 Å². The number of para-hydroxylation sites is 2. The van der Waals surface area contributed by atoms with E-state index >= 15 is 0 Å². The lowest BCUT2D eigenvalue weighted by molar-refractivity contribution is 0.573. The fourth-order valence-electron chi connectivity index (χ4n) is 10.1. The van der Waals surface area contributed by atoms with Gasteiger partial charge in [0.25, 0.3) is 0 Å². The molecule has 1 aromatic heterocycles. The van der Waals surface area contributed by atoms with Gasteiger partial charge in [-0.05, 0) is 103 Å². The second kappa shape index (κ2) is 12.3. The number of benzene rings is 7. The maximum absolute atomic E-state index is 6.89. The van der Waals surface area contributed by atoms with E-state index in [0.29, 0.717) is 0 Å². The molecule has 0 bridgehead atoms. The highest BCUT2D eigenvalue weighted by molar-refractivity contribution is 6.10. The molecule has 0 unspecified atom stereocenters. The summed E-state index contributed by atoms with van der Waals surface area (Å²) >= 11 is 0. The summed E-state index contributed by atoms with van der Waals surface area (Å²) in [5, 5.41) is 2.32. The summed E-state index contributed by atoms with van der Waals surface area (Å²) in [6.45, 7) is 23.2. The fourth-order valence-corrected chi connectivity index (χ4v) is 10.1. The molecule has 10 rings (SSSR count). The Bertz CT molecular complexity index is 2970. The van der Waals surface area contributed by atoms with Gasteiger partial charge < -0.3 is 9.32 Å². The first kappa shape index (κ1) is 36.5. The zero-order chi connectivity index (χ0) is 40.5. The van der Waals surface area contributed by atoms with Gasteiger partial charge in [-0.3, -0.25) is 0 Å². The molecule has 0 atom stereocenters. The average Bonchev–Trinajstić information content (AvgIpc) is 3.77. The second-order valence-corrected chi connectivity index (χ2v) is 19.9. The van der Waals surface area contributed by atoms with Gasteiger partial charge >= 0.3 is 0 Å². The minimum atomic E-state index is -0.153. The van der Waals surface area contributed by atoms with E-state index in [2.05, 4.69) is 214 Å². The Morgan fingerprint density at radius 3 is 1.59 bits per heavy atom. The normalized spacial score (nSPS) is 15.0. The number of nitrogens with zero attached hydrogens (tertiary/aromatic N) is 1. The van der Waals surface area contributed by atoms with E-state index in [1.165, 1.54) is 61.0 Å². The van der Waals surface area contributed by atoms with Crippen molar-refractivity contribution < 1.29 is 4.42 Å². The molecule has 0 saturated carbocycles. The summed E-state index contributed by atoms with van der Waals surface area (Å²) in [6.07, 6.45) is 0. The number of anilines is 3. The van der Waals surface area contributed by atoms with Gasteiger partial charge in [0.2, 0.25) is 0 Å². The molecule has 0 amide bonds. The number of rotatable bonds is 4. The van der Waals surface area contributed by atoms with Crippen molar-refractivity contribution in [3.05, 3.63) is 173 Å². The minimum Gasteiger partial charge on any atom is -0.455 e. The molecule has 288 valence electrons. The Hall–Kier alpha value is -5.86. The van der Waals surface area contributed by atoms with Crippen LogP contribution in [0.5, 0.6) is 0 Å². The lowest BCUT2D eigenvalue weighted by Gasteiger charge is -2.30. The van der Waals surface area contributed by atoms with Crippen molar-refractivity contribution in [1.82, 2.24) is 0 Å². The van der Waals surface area contributed by atoms with Crippen molar-refractivity contribution in [2.75, 3.05) is 4.90 Å². The van der Waals surface area contributed by atoms with Crippen molar-refractivity contribution in [2.24, 2.45) is 0 Å². The van der Waals surface area contributed by atoms with E-state index in [1.807, 2.05) is 0 Å². The first-order valence-corrected chi connectivity index (χ1v) is 20.9. The predicted molar refractivity (Wildman–Crippen MR) is 246 cm³/mol. The molecule has 0 radical (unpaired) electrons. The standard InChI is InChI=1S/C56H53NO/c1-53(2,3)35-24-27-41-43-29-26-38(33-50(43)56(9,10)48(41)31-35)57(37-25-28-42-40-18-11-12-22-46(40)55(7,8)49(42)32-37)36-17-13-16-34(30-36)39-19-14-20-44-45-21-15-23-47(54(4,5)6)52(45)58-51(39)44/h11-33H,1-10H3. The van der Waals surface area contributed by atoms with E-state index in [9.17, 15) is 0 Å². The summed E-state index contributed by atoms with van der Waals surface area (Å²) in [4.78, 5) is 2.47. The Balaban J connectivity index is 1.16. The number of furan rings is 1. The molecule has 0 aliphatic heterocycles. The lowest BCUT2D eigenvalue weighted by Crippen LogP contribution is -2.19. The lowest BCUT2D eigenvalue weighted by atomic mass is 9.79. The molecule has 1 heterocycles. The molecular formula is C56H53NO. The average molecular weight is 756 g/mol. The SMILES string of the molecule is CC(C)(C)c1ccc2c(c1)C(C)(C)c1cc(N(c3cccc(-c4cccc5c4oc4c(C(C)(C)C)cccc45)c3)c3ccc4c(c3)C(C)(C)c3ccccc3-4)ccc1-2. The van der Waals surface area contributed by atoms with Gasteiger partial charge in [-0.1, -0.05) is 172 Å². The largest absolute Gasteiger partial charge is 0.455 e. The second-order valence-electron chi connectivity index (χ2n) is 19.9. The third kappa shape index (κ3) is 5.37. The highest BCUT2D eigenvalue weighted by atomic mass is 16.3. The molecule has 2 heteroatoms. The monoisotopic (exact) mass is 755 g/mol. The topological polar surface area (TPSA) is 16.4 Å². The van der Waals surface area contributed by atoms with Gasteiger partial charge in [-0.25, -0.2) is 0 Å². The van der Waals surface area contributed by atoms with E-state index in [1.54, 1.807) is 0 Å².